The molecule has 0 atom stereocenters. The highest BCUT2D eigenvalue weighted by Gasteiger charge is 2.17. The van der Waals surface area contributed by atoms with Crippen LogP contribution in [0.5, 0.6) is 0 Å². The zero-order valence-electron chi connectivity index (χ0n) is 10.1. The normalized spacial score (nSPS) is 10.7. The highest BCUT2D eigenvalue weighted by Crippen LogP contribution is 2.07. The number of nitriles is 1. The van der Waals surface area contributed by atoms with Crippen LogP contribution >= 0.6 is 0 Å². The molecule has 5 heteroatoms. The molecule has 0 aliphatic heterocycles. The zero-order chi connectivity index (χ0) is 13.1. The van der Waals surface area contributed by atoms with Gasteiger partial charge in [0.15, 0.2) is 0 Å². The van der Waals surface area contributed by atoms with Crippen molar-refractivity contribution in [2.24, 2.45) is 0 Å². The van der Waals surface area contributed by atoms with Crippen molar-refractivity contribution in [3.63, 3.8) is 0 Å². The summed E-state index contributed by atoms with van der Waals surface area (Å²) in [6, 6.07) is 4.73. The zero-order valence-corrected chi connectivity index (χ0v) is 10.1. The maximum atomic E-state index is 11.6. The minimum atomic E-state index is -0.590. The van der Waals surface area contributed by atoms with E-state index in [1.807, 2.05) is 0 Å². The maximum absolute atomic E-state index is 11.6. The monoisotopic (exact) mass is 234 g/mol. The first kappa shape index (κ1) is 13.0. The lowest BCUT2D eigenvalue weighted by molar-refractivity contribution is -0.155. The number of nitrogens with zero attached hydrogens (tertiary/aromatic N) is 2. The molecule has 5 nitrogen and oxygen atoms in total. The second-order valence-electron chi connectivity index (χ2n) is 4.55. The van der Waals surface area contributed by atoms with Gasteiger partial charge >= 0.3 is 5.97 Å². The van der Waals surface area contributed by atoms with E-state index in [0.29, 0.717) is 0 Å². The van der Waals surface area contributed by atoms with E-state index in [1.165, 1.54) is 12.3 Å². The van der Waals surface area contributed by atoms with Gasteiger partial charge in [-0.1, -0.05) is 0 Å². The molecular weight excluding hydrogens is 220 g/mol. The number of aromatic nitrogens is 1. The Labute approximate surface area is 99.2 Å². The molecule has 0 aliphatic carbocycles. The standard InChI is InChI=1S/C12H14N2O3/c1-12(2,3)17-10(15)8-14-6-4-5-9(7-13)11(14)16/h4-6H,8H2,1-3H3. The van der Waals surface area contributed by atoms with Gasteiger partial charge in [0.25, 0.3) is 5.56 Å². The summed E-state index contributed by atoms with van der Waals surface area (Å²) in [6.45, 7) is 5.06. The number of esters is 1. The molecule has 0 aromatic carbocycles. The molecule has 0 bridgehead atoms. The first-order valence-corrected chi connectivity index (χ1v) is 5.15. The third kappa shape index (κ3) is 3.76. The topological polar surface area (TPSA) is 72.1 Å². The molecule has 0 saturated heterocycles. The van der Waals surface area contributed by atoms with Gasteiger partial charge in [0, 0.05) is 6.20 Å². The lowest BCUT2D eigenvalue weighted by Gasteiger charge is -2.19. The van der Waals surface area contributed by atoms with Crippen molar-refractivity contribution < 1.29 is 9.53 Å². The molecule has 0 radical (unpaired) electrons. The number of ether oxygens (including phenoxy) is 1. The fraction of sp³-hybridized carbons (Fsp3) is 0.417. The van der Waals surface area contributed by atoms with Gasteiger partial charge < -0.3 is 9.30 Å². The second-order valence-corrected chi connectivity index (χ2v) is 4.55. The van der Waals surface area contributed by atoms with E-state index in [0.717, 1.165) is 4.57 Å². The van der Waals surface area contributed by atoms with Gasteiger partial charge in [0.05, 0.1) is 0 Å². The summed E-state index contributed by atoms with van der Waals surface area (Å²) in [6.07, 6.45) is 1.45. The van der Waals surface area contributed by atoms with Gasteiger partial charge in [0.1, 0.15) is 23.8 Å². The molecule has 0 aliphatic rings. The first-order chi connectivity index (χ1) is 7.83. The molecule has 0 fully saturated rings. The SMILES string of the molecule is CC(C)(C)OC(=O)Cn1cccc(C#N)c1=O. The highest BCUT2D eigenvalue weighted by atomic mass is 16.6. The Bertz CT molecular complexity index is 518. The van der Waals surface area contributed by atoms with Crippen molar-refractivity contribution in [1.29, 1.82) is 5.26 Å². The predicted molar refractivity (Wildman–Crippen MR) is 61.3 cm³/mol. The fourth-order valence-corrected chi connectivity index (χ4v) is 1.26. The minimum absolute atomic E-state index is 0.0102. The molecule has 1 rings (SSSR count). The second kappa shape index (κ2) is 4.83. The predicted octanol–water partition coefficient (Wildman–Crippen LogP) is 1.06. The lowest BCUT2D eigenvalue weighted by atomic mass is 10.2. The van der Waals surface area contributed by atoms with Crippen molar-refractivity contribution >= 4 is 5.97 Å². The van der Waals surface area contributed by atoms with E-state index in [2.05, 4.69) is 0 Å². The van der Waals surface area contributed by atoms with Crippen LogP contribution in [-0.4, -0.2) is 16.1 Å². The summed E-state index contributed by atoms with van der Waals surface area (Å²) < 4.78 is 6.25. The molecule has 0 saturated carbocycles. The number of carbonyl (C=O) groups excluding carboxylic acids is 1. The van der Waals surface area contributed by atoms with Crippen LogP contribution in [0.15, 0.2) is 23.1 Å². The molecule has 1 aromatic rings. The van der Waals surface area contributed by atoms with Gasteiger partial charge in [-0.3, -0.25) is 9.59 Å². The van der Waals surface area contributed by atoms with Crippen molar-refractivity contribution in [3.8, 4) is 6.07 Å². The largest absolute Gasteiger partial charge is 0.459 e. The quantitative estimate of drug-likeness (QED) is 0.717. The molecule has 0 amide bonds. The van der Waals surface area contributed by atoms with Gasteiger partial charge in [-0.2, -0.15) is 5.26 Å². The van der Waals surface area contributed by atoms with Gasteiger partial charge in [-0.15, -0.1) is 0 Å². The van der Waals surface area contributed by atoms with Gasteiger partial charge in [-0.05, 0) is 32.9 Å². The van der Waals surface area contributed by atoms with Crippen LogP contribution < -0.4 is 5.56 Å². The average molecular weight is 234 g/mol. The Hall–Kier alpha value is -2.09. The van der Waals surface area contributed by atoms with Crippen LogP contribution in [0.1, 0.15) is 26.3 Å². The Morgan fingerprint density at radius 1 is 1.53 bits per heavy atom. The molecule has 0 spiro atoms. The van der Waals surface area contributed by atoms with E-state index in [9.17, 15) is 9.59 Å². The molecular formula is C12H14N2O3. The molecule has 90 valence electrons. The third-order valence-corrected chi connectivity index (χ3v) is 1.86. The third-order valence-electron chi connectivity index (χ3n) is 1.86. The van der Waals surface area contributed by atoms with Crippen LogP contribution in [0.3, 0.4) is 0 Å². The summed E-state index contributed by atoms with van der Waals surface area (Å²) in [5, 5.41) is 8.68. The summed E-state index contributed by atoms with van der Waals surface area (Å²) in [7, 11) is 0. The van der Waals surface area contributed by atoms with Crippen LogP contribution in [0, 0.1) is 11.3 Å². The molecule has 1 aromatic heterocycles. The van der Waals surface area contributed by atoms with E-state index in [1.54, 1.807) is 32.9 Å². The summed E-state index contributed by atoms with van der Waals surface area (Å²) in [4.78, 5) is 23.1. The minimum Gasteiger partial charge on any atom is -0.459 e. The molecule has 1 heterocycles. The summed E-state index contributed by atoms with van der Waals surface area (Å²) in [5.74, 6) is -0.505. The lowest BCUT2D eigenvalue weighted by Crippen LogP contribution is -2.31. The number of hydrogen-bond acceptors (Lipinski definition) is 4. The molecule has 0 N–H and O–H groups in total. The van der Waals surface area contributed by atoms with Crippen molar-refractivity contribution in [1.82, 2.24) is 4.57 Å². The first-order valence-electron chi connectivity index (χ1n) is 5.15. The summed E-state index contributed by atoms with van der Waals surface area (Å²) in [5.41, 5.74) is -1.06. The number of pyridine rings is 1. The Kier molecular flexibility index (Phi) is 3.69. The fourth-order valence-electron chi connectivity index (χ4n) is 1.26. The average Bonchev–Trinajstić information content (AvgIpc) is 2.18. The number of hydrogen-bond donors (Lipinski definition) is 0. The summed E-state index contributed by atoms with van der Waals surface area (Å²) >= 11 is 0. The van der Waals surface area contributed by atoms with Gasteiger partial charge in [-0.25, -0.2) is 0 Å². The maximum Gasteiger partial charge on any atom is 0.326 e. The smallest absolute Gasteiger partial charge is 0.326 e. The van der Waals surface area contributed by atoms with E-state index < -0.39 is 17.1 Å². The van der Waals surface area contributed by atoms with E-state index in [4.69, 9.17) is 10.00 Å². The van der Waals surface area contributed by atoms with Crippen LogP contribution in [0.25, 0.3) is 0 Å². The highest BCUT2D eigenvalue weighted by molar-refractivity contribution is 5.69. The van der Waals surface area contributed by atoms with Crippen LogP contribution in [-0.2, 0) is 16.1 Å². The van der Waals surface area contributed by atoms with Crippen molar-refractivity contribution in [2.45, 2.75) is 32.9 Å². The Balaban J connectivity index is 2.87. The van der Waals surface area contributed by atoms with E-state index in [-0.39, 0.29) is 12.1 Å². The molecule has 0 unspecified atom stereocenters. The van der Waals surface area contributed by atoms with E-state index >= 15 is 0 Å². The van der Waals surface area contributed by atoms with Crippen molar-refractivity contribution in [2.75, 3.05) is 0 Å². The number of rotatable bonds is 2. The number of carbonyl (C=O) groups is 1. The van der Waals surface area contributed by atoms with Crippen LogP contribution in [0.4, 0.5) is 0 Å². The molecule has 17 heavy (non-hydrogen) atoms. The Morgan fingerprint density at radius 2 is 2.18 bits per heavy atom. The Morgan fingerprint density at radius 3 is 2.71 bits per heavy atom. The van der Waals surface area contributed by atoms with Crippen LogP contribution in [0.2, 0.25) is 0 Å². The van der Waals surface area contributed by atoms with Crippen molar-refractivity contribution in [3.05, 3.63) is 34.2 Å². The van der Waals surface area contributed by atoms with Gasteiger partial charge in [0.2, 0.25) is 0 Å².